The number of amides is 1. The van der Waals surface area contributed by atoms with Gasteiger partial charge in [-0.15, -0.1) is 0 Å². The quantitative estimate of drug-likeness (QED) is 0.305. The van der Waals surface area contributed by atoms with Gasteiger partial charge < -0.3 is 14.4 Å². The van der Waals surface area contributed by atoms with Gasteiger partial charge in [0, 0.05) is 44.8 Å². The Morgan fingerprint density at radius 3 is 2.41 bits per heavy atom. The third-order valence-corrected chi connectivity index (χ3v) is 9.92. The van der Waals surface area contributed by atoms with Crippen molar-refractivity contribution in [2.75, 3.05) is 59.0 Å². The number of piperidine rings is 1. The van der Waals surface area contributed by atoms with E-state index in [2.05, 4.69) is 69.3 Å². The highest BCUT2D eigenvalue weighted by Crippen LogP contribution is 2.39. The van der Waals surface area contributed by atoms with Gasteiger partial charge in [0.1, 0.15) is 24.7 Å². The molecule has 0 N–H and O–H groups in total. The van der Waals surface area contributed by atoms with Crippen LogP contribution in [0.2, 0.25) is 0 Å². The van der Waals surface area contributed by atoms with Gasteiger partial charge in [0.25, 0.3) is 5.91 Å². The number of ether oxygens (including phenoxy) is 2. The van der Waals surface area contributed by atoms with Crippen molar-refractivity contribution in [2.24, 2.45) is 5.41 Å². The SMILES string of the molecule is O=C(c1cccc(OCCN2CCCC2)c1)N1CCC2(CCCCc3ccccc3OCCN(Cc3ccccc3)C2)CC1. The van der Waals surface area contributed by atoms with E-state index in [9.17, 15) is 4.79 Å². The van der Waals surface area contributed by atoms with Crippen LogP contribution in [0.4, 0.5) is 0 Å². The fourth-order valence-corrected chi connectivity index (χ4v) is 7.35. The molecular weight excluding hydrogens is 546 g/mol. The summed E-state index contributed by atoms with van der Waals surface area (Å²) in [7, 11) is 0. The minimum atomic E-state index is 0.129. The highest BCUT2D eigenvalue weighted by molar-refractivity contribution is 5.94. The summed E-state index contributed by atoms with van der Waals surface area (Å²) in [6.07, 6.45) is 9.25. The molecule has 1 amide bonds. The van der Waals surface area contributed by atoms with Crippen LogP contribution in [0.1, 0.15) is 66.4 Å². The van der Waals surface area contributed by atoms with Crippen LogP contribution in [-0.4, -0.2) is 79.6 Å². The molecule has 0 bridgehead atoms. The van der Waals surface area contributed by atoms with Crippen LogP contribution in [0.15, 0.2) is 78.9 Å². The number of carbonyl (C=O) groups excluding carboxylic acids is 1. The minimum Gasteiger partial charge on any atom is -0.492 e. The first-order valence-corrected chi connectivity index (χ1v) is 16.9. The summed E-state index contributed by atoms with van der Waals surface area (Å²) in [6.45, 7) is 9.09. The number of fused-ring (bicyclic) bond motifs is 1. The van der Waals surface area contributed by atoms with Gasteiger partial charge in [-0.1, -0.05) is 61.0 Å². The van der Waals surface area contributed by atoms with Gasteiger partial charge in [0.15, 0.2) is 0 Å². The van der Waals surface area contributed by atoms with Crippen molar-refractivity contribution in [3.63, 3.8) is 0 Å². The summed E-state index contributed by atoms with van der Waals surface area (Å²) < 4.78 is 12.4. The number of hydrogen-bond donors (Lipinski definition) is 0. The number of hydrogen-bond acceptors (Lipinski definition) is 5. The van der Waals surface area contributed by atoms with Crippen molar-refractivity contribution in [1.29, 1.82) is 0 Å². The lowest BCUT2D eigenvalue weighted by atomic mass is 9.73. The standard InChI is InChI=1S/C38H49N3O3/c42-37(34-15-10-16-35(29-34)43-27-25-39-21-8-9-22-39)41-23-19-38(20-24-41)18-7-6-14-33-13-4-5-17-36(33)44-28-26-40(31-38)30-32-11-2-1-3-12-32/h1-5,10-13,15-17,29H,6-9,14,18-28,30-31H2. The maximum atomic E-state index is 13.7. The van der Waals surface area contributed by atoms with Crippen LogP contribution >= 0.6 is 0 Å². The molecule has 3 aliphatic heterocycles. The van der Waals surface area contributed by atoms with Crippen LogP contribution in [0, 0.1) is 5.41 Å². The molecule has 3 aliphatic rings. The molecule has 0 aromatic heterocycles. The average molecular weight is 596 g/mol. The molecule has 6 rings (SSSR count). The van der Waals surface area contributed by atoms with Crippen LogP contribution in [-0.2, 0) is 13.0 Å². The van der Waals surface area contributed by atoms with E-state index in [4.69, 9.17) is 9.47 Å². The smallest absolute Gasteiger partial charge is 0.253 e. The molecule has 44 heavy (non-hydrogen) atoms. The Hall–Kier alpha value is -3.35. The zero-order chi connectivity index (χ0) is 30.0. The molecule has 0 atom stereocenters. The van der Waals surface area contributed by atoms with Crippen molar-refractivity contribution in [2.45, 2.75) is 57.9 Å². The maximum Gasteiger partial charge on any atom is 0.253 e. The fourth-order valence-electron chi connectivity index (χ4n) is 7.35. The van der Waals surface area contributed by atoms with Gasteiger partial charge in [-0.2, -0.15) is 0 Å². The minimum absolute atomic E-state index is 0.129. The van der Waals surface area contributed by atoms with Gasteiger partial charge in [-0.25, -0.2) is 0 Å². The first kappa shape index (κ1) is 30.7. The van der Waals surface area contributed by atoms with E-state index < -0.39 is 0 Å². The van der Waals surface area contributed by atoms with E-state index in [-0.39, 0.29) is 11.3 Å². The highest BCUT2D eigenvalue weighted by Gasteiger charge is 2.37. The molecule has 1 spiro atoms. The summed E-state index contributed by atoms with van der Waals surface area (Å²) in [4.78, 5) is 20.8. The van der Waals surface area contributed by atoms with Crippen molar-refractivity contribution < 1.29 is 14.3 Å². The van der Waals surface area contributed by atoms with Gasteiger partial charge in [0.2, 0.25) is 0 Å². The predicted octanol–water partition coefficient (Wildman–Crippen LogP) is 6.69. The summed E-state index contributed by atoms with van der Waals surface area (Å²) >= 11 is 0. The molecular formula is C38H49N3O3. The molecule has 234 valence electrons. The lowest BCUT2D eigenvalue weighted by Crippen LogP contribution is -2.48. The predicted molar refractivity (Wildman–Crippen MR) is 176 cm³/mol. The first-order chi connectivity index (χ1) is 21.7. The first-order valence-electron chi connectivity index (χ1n) is 16.9. The number of likely N-dealkylation sites (tertiary alicyclic amines) is 2. The lowest BCUT2D eigenvalue weighted by molar-refractivity contribution is 0.0361. The van der Waals surface area contributed by atoms with Crippen LogP contribution in [0.5, 0.6) is 11.5 Å². The molecule has 6 nitrogen and oxygen atoms in total. The molecule has 2 fully saturated rings. The number of para-hydroxylation sites is 1. The highest BCUT2D eigenvalue weighted by atomic mass is 16.5. The number of carbonyl (C=O) groups is 1. The molecule has 3 aromatic rings. The van der Waals surface area contributed by atoms with Crippen molar-refractivity contribution in [1.82, 2.24) is 14.7 Å². The number of aryl methyl sites for hydroxylation is 1. The largest absolute Gasteiger partial charge is 0.492 e. The Balaban J connectivity index is 1.11. The molecule has 0 unspecified atom stereocenters. The van der Waals surface area contributed by atoms with E-state index in [1.54, 1.807) is 0 Å². The normalized spacial score (nSPS) is 19.9. The molecule has 0 radical (unpaired) electrons. The molecule has 0 aliphatic carbocycles. The Morgan fingerprint density at radius 1 is 0.773 bits per heavy atom. The second kappa shape index (κ2) is 15.1. The Bertz CT molecular complexity index is 1330. The van der Waals surface area contributed by atoms with E-state index in [0.29, 0.717) is 13.2 Å². The van der Waals surface area contributed by atoms with Crippen LogP contribution < -0.4 is 9.47 Å². The third kappa shape index (κ3) is 8.22. The Morgan fingerprint density at radius 2 is 1.57 bits per heavy atom. The van der Waals surface area contributed by atoms with Crippen LogP contribution in [0.3, 0.4) is 0 Å². The Kier molecular flexibility index (Phi) is 10.5. The van der Waals surface area contributed by atoms with Gasteiger partial charge >= 0.3 is 0 Å². The maximum absolute atomic E-state index is 13.7. The number of benzene rings is 3. The van der Waals surface area contributed by atoms with Gasteiger partial charge in [-0.3, -0.25) is 14.6 Å². The molecule has 2 saturated heterocycles. The van der Waals surface area contributed by atoms with E-state index in [0.717, 1.165) is 82.0 Å². The van der Waals surface area contributed by atoms with Crippen LogP contribution in [0.25, 0.3) is 0 Å². The summed E-state index contributed by atoms with van der Waals surface area (Å²) in [5, 5.41) is 0. The van der Waals surface area contributed by atoms with E-state index in [1.165, 1.54) is 49.9 Å². The third-order valence-electron chi connectivity index (χ3n) is 9.92. The van der Waals surface area contributed by atoms with E-state index in [1.807, 2.05) is 24.3 Å². The molecule has 3 aromatic carbocycles. The zero-order valence-electron chi connectivity index (χ0n) is 26.3. The van der Waals surface area contributed by atoms with Crippen molar-refractivity contribution >= 4 is 5.91 Å². The van der Waals surface area contributed by atoms with Gasteiger partial charge in [0.05, 0.1) is 0 Å². The topological polar surface area (TPSA) is 45.3 Å². The second-order valence-corrected chi connectivity index (χ2v) is 13.1. The number of rotatable bonds is 7. The van der Waals surface area contributed by atoms with Gasteiger partial charge in [-0.05, 0) is 98.8 Å². The zero-order valence-corrected chi connectivity index (χ0v) is 26.3. The molecule has 6 heteroatoms. The summed E-state index contributed by atoms with van der Waals surface area (Å²) in [6, 6.07) is 27.1. The second-order valence-electron chi connectivity index (χ2n) is 13.1. The Labute approximate surface area is 263 Å². The fraction of sp³-hybridized carbons (Fsp3) is 0.500. The van der Waals surface area contributed by atoms with E-state index >= 15 is 0 Å². The van der Waals surface area contributed by atoms with Crippen molar-refractivity contribution in [3.05, 3.63) is 95.6 Å². The number of nitrogens with zero attached hydrogens (tertiary/aromatic N) is 3. The molecule has 3 heterocycles. The molecule has 0 saturated carbocycles. The van der Waals surface area contributed by atoms with Crippen molar-refractivity contribution in [3.8, 4) is 11.5 Å². The monoisotopic (exact) mass is 595 g/mol. The summed E-state index contributed by atoms with van der Waals surface area (Å²) in [5.41, 5.74) is 3.59. The summed E-state index contributed by atoms with van der Waals surface area (Å²) in [5.74, 6) is 1.96. The average Bonchev–Trinajstić information content (AvgIpc) is 3.58. The lowest BCUT2D eigenvalue weighted by Gasteiger charge is -2.45.